The molecular formula is C17H19ClF3N3O3S2. The van der Waals surface area contributed by atoms with Gasteiger partial charge >= 0.3 is 6.18 Å². The molecule has 12 heteroatoms. The van der Waals surface area contributed by atoms with Crippen molar-refractivity contribution in [2.45, 2.75) is 30.2 Å². The maximum atomic E-state index is 12.9. The van der Waals surface area contributed by atoms with Crippen LogP contribution in [0.15, 0.2) is 33.8 Å². The Balaban J connectivity index is 2.51. The maximum absolute atomic E-state index is 12.9. The molecule has 0 aliphatic rings. The summed E-state index contributed by atoms with van der Waals surface area (Å²) in [4.78, 5) is 9.03. The highest BCUT2D eigenvalue weighted by Crippen LogP contribution is 2.37. The summed E-state index contributed by atoms with van der Waals surface area (Å²) in [5.74, 6) is -0.782. The molecule has 6 nitrogen and oxygen atoms in total. The topological polar surface area (TPSA) is 71.9 Å². The molecule has 0 fully saturated rings. The van der Waals surface area contributed by atoms with Crippen molar-refractivity contribution in [3.63, 3.8) is 0 Å². The molecule has 0 aliphatic carbocycles. The van der Waals surface area contributed by atoms with E-state index in [9.17, 15) is 21.6 Å². The average Bonchev–Trinajstić information content (AvgIpc) is 3.14. The maximum Gasteiger partial charge on any atom is 0.417 e. The van der Waals surface area contributed by atoms with Crippen LogP contribution in [0.25, 0.3) is 0 Å². The first-order chi connectivity index (χ1) is 13.6. The van der Waals surface area contributed by atoms with Crippen molar-refractivity contribution >= 4 is 39.2 Å². The molecule has 0 bridgehead atoms. The molecule has 1 unspecified atom stereocenters. The van der Waals surface area contributed by atoms with Crippen LogP contribution in [0.2, 0.25) is 5.02 Å². The van der Waals surface area contributed by atoms with Gasteiger partial charge in [0.2, 0.25) is 0 Å². The molecule has 0 N–H and O–H groups in total. The Hall–Kier alpha value is -1.69. The summed E-state index contributed by atoms with van der Waals surface area (Å²) in [6, 6.07) is 3.78. The Bertz CT molecular complexity index is 974. The summed E-state index contributed by atoms with van der Waals surface area (Å²) >= 11 is 7.04. The van der Waals surface area contributed by atoms with Crippen LogP contribution in [0.1, 0.15) is 35.9 Å². The van der Waals surface area contributed by atoms with Crippen molar-refractivity contribution in [1.82, 2.24) is 9.29 Å². The number of aromatic nitrogens is 1. The van der Waals surface area contributed by atoms with Gasteiger partial charge in [0.05, 0.1) is 28.4 Å². The number of oxime groups is 1. The van der Waals surface area contributed by atoms with E-state index >= 15 is 0 Å². The molecule has 0 radical (unpaired) electrons. The third-order valence-corrected chi connectivity index (χ3v) is 8.00. The minimum absolute atomic E-state index is 0.106. The fourth-order valence-electron chi connectivity index (χ4n) is 2.56. The smallest absolute Gasteiger partial charge is 0.399 e. The van der Waals surface area contributed by atoms with Crippen LogP contribution in [0, 0.1) is 0 Å². The number of thiophene rings is 1. The molecule has 160 valence electrons. The number of rotatable bonds is 8. The first-order valence-corrected chi connectivity index (χ1v) is 11.1. The molecule has 2 aromatic heterocycles. The fourth-order valence-corrected chi connectivity index (χ4v) is 5.85. The van der Waals surface area contributed by atoms with Crippen molar-refractivity contribution < 1.29 is 26.4 Å². The first-order valence-electron chi connectivity index (χ1n) is 8.45. The largest absolute Gasteiger partial charge is 0.417 e. The summed E-state index contributed by atoms with van der Waals surface area (Å²) in [6.07, 6.45) is -2.60. The van der Waals surface area contributed by atoms with E-state index in [2.05, 4.69) is 15.0 Å². The second kappa shape index (κ2) is 9.41. The molecule has 0 aromatic carbocycles. The minimum Gasteiger partial charge on any atom is -0.399 e. The molecule has 2 rings (SSSR count). The summed E-state index contributed by atoms with van der Waals surface area (Å²) in [7, 11) is -2.37. The molecular weight excluding hydrogens is 451 g/mol. The molecule has 0 saturated heterocycles. The van der Waals surface area contributed by atoms with Crippen LogP contribution in [0.4, 0.5) is 13.2 Å². The van der Waals surface area contributed by atoms with Gasteiger partial charge < -0.3 is 4.84 Å². The predicted octanol–water partition coefficient (Wildman–Crippen LogP) is 4.61. The van der Waals surface area contributed by atoms with Crippen molar-refractivity contribution in [1.29, 1.82) is 0 Å². The number of hydrogen-bond acceptors (Lipinski definition) is 6. The molecule has 0 spiro atoms. The molecule has 2 heterocycles. The summed E-state index contributed by atoms with van der Waals surface area (Å²) in [5, 5.41) is 3.46. The third-order valence-electron chi connectivity index (χ3n) is 4.02. The molecule has 1 atom stereocenters. The van der Waals surface area contributed by atoms with E-state index in [1.165, 1.54) is 23.7 Å². The standard InChI is InChI=1S/C17H19ClF3N3O3S2/c1-4-24(5-2)29(25,26)15-7-6-14(28-15)12(10-23-27-3)16-13(18)8-11(9-22-16)17(19,20)21/h6-10,12H,4-5H2,1-3H3. The normalized spacial score (nSPS) is 13.9. The zero-order valence-corrected chi connectivity index (χ0v) is 18.2. The molecule has 0 amide bonds. The monoisotopic (exact) mass is 469 g/mol. The van der Waals surface area contributed by atoms with Gasteiger partial charge in [0.25, 0.3) is 10.0 Å². The van der Waals surface area contributed by atoms with Gasteiger partial charge in [0, 0.05) is 24.2 Å². The fraction of sp³-hybridized carbons (Fsp3) is 0.412. The molecule has 2 aromatic rings. The second-order valence-corrected chi connectivity index (χ2v) is 9.44. The zero-order chi connectivity index (χ0) is 21.8. The lowest BCUT2D eigenvalue weighted by molar-refractivity contribution is -0.137. The summed E-state index contributed by atoms with van der Waals surface area (Å²) in [5.41, 5.74) is -0.876. The molecule has 29 heavy (non-hydrogen) atoms. The Morgan fingerprint density at radius 3 is 2.52 bits per heavy atom. The van der Waals surface area contributed by atoms with Crippen LogP contribution in [-0.2, 0) is 21.0 Å². The van der Waals surface area contributed by atoms with Gasteiger partial charge in [-0.3, -0.25) is 4.98 Å². The van der Waals surface area contributed by atoms with Crippen molar-refractivity contribution in [2.75, 3.05) is 20.2 Å². The van der Waals surface area contributed by atoms with E-state index in [0.29, 0.717) is 24.2 Å². The van der Waals surface area contributed by atoms with Gasteiger partial charge in [-0.15, -0.1) is 11.3 Å². The van der Waals surface area contributed by atoms with E-state index < -0.39 is 27.7 Å². The zero-order valence-electron chi connectivity index (χ0n) is 15.8. The van der Waals surface area contributed by atoms with E-state index in [-0.39, 0.29) is 14.9 Å². The van der Waals surface area contributed by atoms with Crippen LogP contribution >= 0.6 is 22.9 Å². The van der Waals surface area contributed by atoms with Gasteiger partial charge in [-0.05, 0) is 18.2 Å². The lowest BCUT2D eigenvalue weighted by atomic mass is 10.0. The first kappa shape index (κ1) is 23.6. The molecule has 0 aliphatic heterocycles. The lowest BCUT2D eigenvalue weighted by Crippen LogP contribution is -2.29. The van der Waals surface area contributed by atoms with E-state index in [1.54, 1.807) is 19.9 Å². The Kier molecular flexibility index (Phi) is 7.66. The van der Waals surface area contributed by atoms with Crippen LogP contribution < -0.4 is 0 Å². The van der Waals surface area contributed by atoms with E-state index in [1.807, 2.05) is 0 Å². The van der Waals surface area contributed by atoms with Crippen molar-refractivity contribution in [3.8, 4) is 0 Å². The van der Waals surface area contributed by atoms with Gasteiger partial charge in [0.1, 0.15) is 11.3 Å². The van der Waals surface area contributed by atoms with Crippen molar-refractivity contribution in [3.05, 3.63) is 45.6 Å². The number of sulfonamides is 1. The number of hydrogen-bond donors (Lipinski definition) is 0. The van der Waals surface area contributed by atoms with Crippen molar-refractivity contribution in [2.24, 2.45) is 5.16 Å². The second-order valence-electron chi connectivity index (χ2n) is 5.75. The van der Waals surface area contributed by atoms with Crippen LogP contribution in [0.5, 0.6) is 0 Å². The van der Waals surface area contributed by atoms with Gasteiger partial charge in [-0.2, -0.15) is 17.5 Å². The number of halogens is 4. The predicted molar refractivity (Wildman–Crippen MR) is 106 cm³/mol. The van der Waals surface area contributed by atoms with Crippen LogP contribution in [0.3, 0.4) is 0 Å². The van der Waals surface area contributed by atoms with Gasteiger partial charge in [-0.1, -0.05) is 30.6 Å². The highest BCUT2D eigenvalue weighted by Gasteiger charge is 2.33. The summed E-state index contributed by atoms with van der Waals surface area (Å²) in [6.45, 7) is 4.09. The minimum atomic E-state index is -4.58. The number of nitrogens with zero attached hydrogens (tertiary/aromatic N) is 3. The summed E-state index contributed by atoms with van der Waals surface area (Å²) < 4.78 is 65.5. The average molecular weight is 470 g/mol. The van der Waals surface area contributed by atoms with Gasteiger partial charge in [0.15, 0.2) is 0 Å². The highest BCUT2D eigenvalue weighted by atomic mass is 35.5. The Morgan fingerprint density at radius 1 is 1.34 bits per heavy atom. The van der Waals surface area contributed by atoms with E-state index in [0.717, 1.165) is 17.4 Å². The Labute approximate surface area is 176 Å². The van der Waals surface area contributed by atoms with Gasteiger partial charge in [-0.25, -0.2) is 8.42 Å². The number of pyridine rings is 1. The van der Waals surface area contributed by atoms with Crippen LogP contribution in [-0.4, -0.2) is 44.1 Å². The SMILES string of the molecule is CCN(CC)S(=O)(=O)c1ccc(C(C=NOC)c2ncc(C(F)(F)F)cc2Cl)s1. The lowest BCUT2D eigenvalue weighted by Gasteiger charge is -2.17. The Morgan fingerprint density at radius 2 is 2.00 bits per heavy atom. The third kappa shape index (κ3) is 5.27. The number of alkyl halides is 3. The quantitative estimate of drug-likeness (QED) is 0.418. The highest BCUT2D eigenvalue weighted by molar-refractivity contribution is 7.91. The molecule has 0 saturated carbocycles. The van der Waals surface area contributed by atoms with E-state index in [4.69, 9.17) is 11.6 Å².